The van der Waals surface area contributed by atoms with Crippen molar-refractivity contribution in [3.8, 4) is 22.8 Å². The van der Waals surface area contributed by atoms with Gasteiger partial charge in [-0.05, 0) is 19.1 Å². The first-order valence-electron chi connectivity index (χ1n) is 12.4. The van der Waals surface area contributed by atoms with Crippen LogP contribution in [0.1, 0.15) is 13.3 Å². The lowest BCUT2D eigenvalue weighted by Gasteiger charge is -2.45. The van der Waals surface area contributed by atoms with Gasteiger partial charge < -0.3 is 29.5 Å². The van der Waals surface area contributed by atoms with Gasteiger partial charge in [-0.2, -0.15) is 0 Å². The van der Waals surface area contributed by atoms with Crippen molar-refractivity contribution in [3.05, 3.63) is 42.6 Å². The Hall–Kier alpha value is -3.90. The zero-order valence-electron chi connectivity index (χ0n) is 21.8. The molecular weight excluding hydrogens is 512 g/mol. The molecule has 5 rings (SSSR count). The number of ketones is 1. The number of β-amino-alcohol motifs (C(OH)–C–C–N with tert-alkyl or cyclic N) is 1. The number of hydrogen-bond acceptors (Lipinski definition) is 10. The number of methoxy groups -OCH3 is 2. The Morgan fingerprint density at radius 3 is 2.54 bits per heavy atom. The van der Waals surface area contributed by atoms with Crippen LogP contribution in [0.3, 0.4) is 0 Å². The average Bonchev–Trinajstić information content (AvgIpc) is 3.33. The van der Waals surface area contributed by atoms with Crippen LogP contribution in [0.5, 0.6) is 11.5 Å². The molecule has 4 heterocycles. The Bertz CT molecular complexity index is 1410. The van der Waals surface area contributed by atoms with E-state index in [1.165, 1.54) is 32.6 Å². The highest BCUT2D eigenvalue weighted by molar-refractivity contribution is 5.93. The van der Waals surface area contributed by atoms with Crippen LogP contribution < -0.4 is 19.7 Å². The van der Waals surface area contributed by atoms with Crippen molar-refractivity contribution in [1.82, 2.24) is 15.0 Å². The van der Waals surface area contributed by atoms with Crippen LogP contribution in [0.15, 0.2) is 31.0 Å². The van der Waals surface area contributed by atoms with E-state index in [4.69, 9.17) is 14.2 Å². The lowest BCUT2D eigenvalue weighted by atomic mass is 9.96. The van der Waals surface area contributed by atoms with E-state index >= 15 is 8.78 Å². The summed E-state index contributed by atoms with van der Waals surface area (Å²) in [6.45, 7) is 6.52. The van der Waals surface area contributed by atoms with Crippen molar-refractivity contribution in [2.24, 2.45) is 5.92 Å². The number of rotatable bonds is 9. The number of nitrogens with one attached hydrogen (secondary N) is 1. The molecule has 0 amide bonds. The lowest BCUT2D eigenvalue weighted by Crippen LogP contribution is -2.60. The third-order valence-electron chi connectivity index (χ3n) is 6.94. The normalized spacial score (nSPS) is 20.0. The standard InChI is InChI=1S/C27H29F2N5O5/c1-5-16(35)6-15-10-39-11-18(15)32-26-30-9-14-7-17(21-22(28)19(37-3)8-20(38-4)23(21)29)31-25(24(14)33-26)34-12-27(2,36)13-34/h5,7-9,15,18,36H,1,6,10-13H2,2-4H3,(H,30,32,33)/t15-,18+/m0/s1. The fraction of sp³-hybridized carbons (Fsp3) is 0.407. The molecule has 2 saturated heterocycles. The van der Waals surface area contributed by atoms with E-state index in [-0.39, 0.29) is 60.4 Å². The molecule has 0 unspecified atom stereocenters. The number of benzene rings is 1. The maximum Gasteiger partial charge on any atom is 0.223 e. The number of aliphatic hydroxyl groups is 1. The second-order valence-electron chi connectivity index (χ2n) is 10.0. The third-order valence-corrected chi connectivity index (χ3v) is 6.94. The Balaban J connectivity index is 1.58. The van der Waals surface area contributed by atoms with Crippen molar-refractivity contribution in [3.63, 3.8) is 0 Å². The molecule has 1 aromatic carbocycles. The molecule has 39 heavy (non-hydrogen) atoms. The molecule has 2 aliphatic rings. The van der Waals surface area contributed by atoms with Gasteiger partial charge in [0.2, 0.25) is 5.95 Å². The number of hydrogen-bond donors (Lipinski definition) is 2. The SMILES string of the molecule is C=CC(=O)C[C@H]1COC[C@H]1Nc1ncc2cc(-c3c(F)c(OC)cc(OC)c3F)nc(N3CC(C)(O)C3)c2n1. The van der Waals surface area contributed by atoms with E-state index < -0.39 is 22.8 Å². The smallest absolute Gasteiger partial charge is 0.223 e. The van der Waals surface area contributed by atoms with Gasteiger partial charge in [-0.3, -0.25) is 4.79 Å². The van der Waals surface area contributed by atoms with Gasteiger partial charge in [0.15, 0.2) is 34.7 Å². The van der Waals surface area contributed by atoms with Crippen LogP contribution in [0.25, 0.3) is 22.2 Å². The Morgan fingerprint density at radius 2 is 1.92 bits per heavy atom. The van der Waals surface area contributed by atoms with E-state index in [0.29, 0.717) is 29.9 Å². The van der Waals surface area contributed by atoms with Crippen LogP contribution in [-0.4, -0.2) is 78.0 Å². The molecule has 0 spiro atoms. The summed E-state index contributed by atoms with van der Waals surface area (Å²) in [6, 6.07) is 2.43. The monoisotopic (exact) mass is 541 g/mol. The first-order valence-corrected chi connectivity index (χ1v) is 12.4. The quantitative estimate of drug-likeness (QED) is 0.391. The van der Waals surface area contributed by atoms with E-state index in [1.807, 2.05) is 0 Å². The van der Waals surface area contributed by atoms with E-state index in [0.717, 1.165) is 6.07 Å². The van der Waals surface area contributed by atoms with Crippen LogP contribution in [-0.2, 0) is 9.53 Å². The zero-order valence-corrected chi connectivity index (χ0v) is 21.8. The van der Waals surface area contributed by atoms with Crippen molar-refractivity contribution >= 4 is 28.5 Å². The predicted molar refractivity (Wildman–Crippen MR) is 140 cm³/mol. The molecule has 206 valence electrons. The number of ether oxygens (including phenoxy) is 3. The molecule has 2 atom stereocenters. The molecule has 2 aliphatic heterocycles. The van der Waals surface area contributed by atoms with E-state index in [9.17, 15) is 9.90 Å². The topological polar surface area (TPSA) is 119 Å². The summed E-state index contributed by atoms with van der Waals surface area (Å²) in [5.41, 5.74) is -0.936. The summed E-state index contributed by atoms with van der Waals surface area (Å²) in [5, 5.41) is 14.1. The van der Waals surface area contributed by atoms with Gasteiger partial charge >= 0.3 is 0 Å². The summed E-state index contributed by atoms with van der Waals surface area (Å²) >= 11 is 0. The van der Waals surface area contributed by atoms with Crippen molar-refractivity contribution < 1.29 is 32.9 Å². The maximum atomic E-state index is 15.3. The molecule has 3 aromatic rings. The highest BCUT2D eigenvalue weighted by atomic mass is 19.1. The number of carbonyl (C=O) groups is 1. The van der Waals surface area contributed by atoms with Gasteiger partial charge in [-0.15, -0.1) is 0 Å². The molecule has 2 fully saturated rings. The molecule has 0 bridgehead atoms. The highest BCUT2D eigenvalue weighted by Crippen LogP contribution is 2.40. The number of pyridine rings is 1. The van der Waals surface area contributed by atoms with Crippen molar-refractivity contribution in [2.45, 2.75) is 25.0 Å². The van der Waals surface area contributed by atoms with Crippen LogP contribution in [0.4, 0.5) is 20.5 Å². The number of anilines is 2. The summed E-state index contributed by atoms with van der Waals surface area (Å²) < 4.78 is 46.4. The Labute approximate surface area is 223 Å². The second-order valence-corrected chi connectivity index (χ2v) is 10.0. The molecule has 2 N–H and O–H groups in total. The van der Waals surface area contributed by atoms with E-state index in [1.54, 1.807) is 11.8 Å². The van der Waals surface area contributed by atoms with Gasteiger partial charge in [0.25, 0.3) is 0 Å². The van der Waals surface area contributed by atoms with Gasteiger partial charge in [-0.25, -0.2) is 23.7 Å². The second kappa shape index (κ2) is 10.3. The summed E-state index contributed by atoms with van der Waals surface area (Å²) in [6.07, 6.45) is 3.11. The van der Waals surface area contributed by atoms with Gasteiger partial charge in [0.05, 0.1) is 50.3 Å². The molecular formula is C27H29F2N5O5. The molecule has 0 radical (unpaired) electrons. The first kappa shape index (κ1) is 26.7. The Morgan fingerprint density at radius 1 is 1.23 bits per heavy atom. The minimum Gasteiger partial charge on any atom is -0.494 e. The molecule has 2 aromatic heterocycles. The maximum absolute atomic E-state index is 15.3. The predicted octanol–water partition coefficient (Wildman–Crippen LogP) is 3.13. The summed E-state index contributed by atoms with van der Waals surface area (Å²) in [4.78, 5) is 27.3. The van der Waals surface area contributed by atoms with Gasteiger partial charge in [0.1, 0.15) is 5.52 Å². The summed E-state index contributed by atoms with van der Waals surface area (Å²) in [5.74, 6) is -1.77. The molecule has 10 nitrogen and oxygen atoms in total. The number of nitrogens with zero attached hydrogens (tertiary/aromatic N) is 4. The van der Waals surface area contributed by atoms with Gasteiger partial charge in [-0.1, -0.05) is 6.58 Å². The minimum atomic E-state index is -0.945. The van der Waals surface area contributed by atoms with Crippen LogP contribution in [0.2, 0.25) is 0 Å². The van der Waals surface area contributed by atoms with Crippen molar-refractivity contribution in [1.29, 1.82) is 0 Å². The number of carbonyl (C=O) groups excluding carboxylic acids is 1. The van der Waals surface area contributed by atoms with Gasteiger partial charge in [0, 0.05) is 43.1 Å². The minimum absolute atomic E-state index is 0.00672. The highest BCUT2D eigenvalue weighted by Gasteiger charge is 2.39. The number of allylic oxidation sites excluding steroid dienone is 1. The first-order chi connectivity index (χ1) is 18.6. The van der Waals surface area contributed by atoms with Crippen LogP contribution >= 0.6 is 0 Å². The number of halogens is 2. The molecule has 12 heteroatoms. The van der Waals surface area contributed by atoms with Crippen molar-refractivity contribution in [2.75, 3.05) is 50.7 Å². The molecule has 0 saturated carbocycles. The lowest BCUT2D eigenvalue weighted by molar-refractivity contribution is -0.115. The van der Waals surface area contributed by atoms with Crippen LogP contribution in [0, 0.1) is 17.6 Å². The average molecular weight is 542 g/mol. The Kier molecular flexibility index (Phi) is 7.08. The fourth-order valence-electron chi connectivity index (χ4n) is 4.94. The fourth-order valence-corrected chi connectivity index (χ4v) is 4.94. The third kappa shape index (κ3) is 5.09. The zero-order chi connectivity index (χ0) is 27.9. The largest absolute Gasteiger partial charge is 0.494 e. The number of fused-ring (bicyclic) bond motifs is 1. The summed E-state index contributed by atoms with van der Waals surface area (Å²) in [7, 11) is 2.55. The van der Waals surface area contributed by atoms with E-state index in [2.05, 4.69) is 26.8 Å². The molecule has 0 aliphatic carbocycles. The number of aromatic nitrogens is 3.